The Morgan fingerprint density at radius 3 is 2.47 bits per heavy atom. The maximum atomic E-state index is 10.4. The van der Waals surface area contributed by atoms with Crippen LogP contribution in [0.1, 0.15) is 26.3 Å². The number of para-hydroxylation sites is 1. The summed E-state index contributed by atoms with van der Waals surface area (Å²) in [5.74, 6) is 0. The highest BCUT2D eigenvalue weighted by molar-refractivity contribution is 5.78. The van der Waals surface area contributed by atoms with Crippen LogP contribution in [-0.2, 0) is 4.79 Å². The number of hydrogen-bond acceptors (Lipinski definition) is 1. The lowest BCUT2D eigenvalue weighted by Crippen LogP contribution is -1.99. The molecule has 1 amide bonds. The normalized spacial score (nSPS) is 11.7. The third kappa shape index (κ3) is 3.98. The maximum absolute atomic E-state index is 10.4. The van der Waals surface area contributed by atoms with Crippen molar-refractivity contribution >= 4 is 18.2 Å². The van der Waals surface area contributed by atoms with Gasteiger partial charge in [0.25, 0.3) is 0 Å². The summed E-state index contributed by atoms with van der Waals surface area (Å²) in [5.41, 5.74) is 2.02. The zero-order valence-electron chi connectivity index (χ0n) is 9.45. The first-order valence-corrected chi connectivity index (χ1v) is 5.01. The Morgan fingerprint density at radius 2 is 1.87 bits per heavy atom. The number of amides is 1. The molecule has 0 saturated carbocycles. The Kier molecular flexibility index (Phi) is 3.67. The van der Waals surface area contributed by atoms with Crippen LogP contribution in [0.3, 0.4) is 0 Å². The van der Waals surface area contributed by atoms with Crippen molar-refractivity contribution in [2.75, 3.05) is 5.32 Å². The van der Waals surface area contributed by atoms with Crippen molar-refractivity contribution in [3.63, 3.8) is 0 Å². The Balaban J connectivity index is 2.93. The zero-order chi connectivity index (χ0) is 11.3. The van der Waals surface area contributed by atoms with Crippen LogP contribution in [0, 0.1) is 5.41 Å². The number of benzene rings is 1. The average molecular weight is 203 g/mol. The molecule has 1 aromatic carbocycles. The molecule has 0 fully saturated rings. The minimum atomic E-state index is 0.147. The van der Waals surface area contributed by atoms with E-state index in [2.05, 4.69) is 32.2 Å². The van der Waals surface area contributed by atoms with E-state index in [9.17, 15) is 4.79 Å². The lowest BCUT2D eigenvalue weighted by molar-refractivity contribution is -0.105. The summed E-state index contributed by atoms with van der Waals surface area (Å²) < 4.78 is 0. The Bertz CT molecular complexity index is 361. The van der Waals surface area contributed by atoms with Crippen molar-refractivity contribution in [1.29, 1.82) is 0 Å². The van der Waals surface area contributed by atoms with Gasteiger partial charge < -0.3 is 5.32 Å². The first-order chi connectivity index (χ1) is 7.03. The Morgan fingerprint density at radius 1 is 1.20 bits per heavy atom. The second-order valence-corrected chi connectivity index (χ2v) is 4.55. The van der Waals surface area contributed by atoms with E-state index in [1.165, 1.54) is 0 Å². The van der Waals surface area contributed by atoms with Gasteiger partial charge in [-0.2, -0.15) is 0 Å². The zero-order valence-corrected chi connectivity index (χ0v) is 9.45. The highest BCUT2D eigenvalue weighted by Crippen LogP contribution is 2.21. The van der Waals surface area contributed by atoms with Gasteiger partial charge in [0.2, 0.25) is 6.41 Å². The summed E-state index contributed by atoms with van der Waals surface area (Å²) in [5, 5.41) is 2.68. The molecule has 0 atom stereocenters. The maximum Gasteiger partial charge on any atom is 0.211 e. The predicted octanol–water partition coefficient (Wildman–Crippen LogP) is 3.31. The van der Waals surface area contributed by atoms with E-state index < -0.39 is 0 Å². The summed E-state index contributed by atoms with van der Waals surface area (Å²) in [6, 6.07) is 7.73. The molecular formula is C13H17NO. The predicted molar refractivity (Wildman–Crippen MR) is 64.6 cm³/mol. The topological polar surface area (TPSA) is 29.1 Å². The molecule has 0 heterocycles. The van der Waals surface area contributed by atoms with Gasteiger partial charge in [-0.25, -0.2) is 0 Å². The molecule has 1 rings (SSSR count). The van der Waals surface area contributed by atoms with Crippen molar-refractivity contribution in [3.05, 3.63) is 35.9 Å². The van der Waals surface area contributed by atoms with E-state index in [-0.39, 0.29) is 5.41 Å². The fourth-order valence-corrected chi connectivity index (χ4v) is 1.18. The summed E-state index contributed by atoms with van der Waals surface area (Å²) in [6.07, 6.45) is 4.86. The van der Waals surface area contributed by atoms with Gasteiger partial charge in [0.1, 0.15) is 0 Å². The molecule has 80 valence electrons. The van der Waals surface area contributed by atoms with Gasteiger partial charge in [0.05, 0.1) is 0 Å². The van der Waals surface area contributed by atoms with Gasteiger partial charge in [-0.15, -0.1) is 0 Å². The second-order valence-electron chi connectivity index (χ2n) is 4.55. The molecular weight excluding hydrogens is 186 g/mol. The number of nitrogens with one attached hydrogen (secondary N) is 1. The van der Waals surface area contributed by atoms with Gasteiger partial charge in [-0.3, -0.25) is 4.79 Å². The molecule has 0 spiro atoms. The number of rotatable bonds is 3. The molecule has 0 bridgehead atoms. The van der Waals surface area contributed by atoms with Crippen molar-refractivity contribution in [2.24, 2.45) is 5.41 Å². The van der Waals surface area contributed by atoms with Crippen LogP contribution in [0.15, 0.2) is 30.3 Å². The van der Waals surface area contributed by atoms with E-state index in [0.717, 1.165) is 11.3 Å². The smallest absolute Gasteiger partial charge is 0.211 e. The van der Waals surface area contributed by atoms with Crippen LogP contribution in [0.25, 0.3) is 6.08 Å². The number of hydrogen-bond donors (Lipinski definition) is 1. The lowest BCUT2D eigenvalue weighted by atomic mass is 9.95. The van der Waals surface area contributed by atoms with Crippen molar-refractivity contribution in [2.45, 2.75) is 20.8 Å². The first kappa shape index (κ1) is 11.5. The molecule has 0 aliphatic rings. The molecule has 0 radical (unpaired) electrons. The summed E-state index contributed by atoms with van der Waals surface area (Å²) in [7, 11) is 0. The highest BCUT2D eigenvalue weighted by Gasteiger charge is 2.04. The van der Waals surface area contributed by atoms with E-state index >= 15 is 0 Å². The minimum absolute atomic E-state index is 0.147. The molecule has 1 N–H and O–H groups in total. The van der Waals surface area contributed by atoms with Crippen LogP contribution in [-0.4, -0.2) is 6.41 Å². The highest BCUT2D eigenvalue weighted by atomic mass is 16.1. The van der Waals surface area contributed by atoms with E-state index in [0.29, 0.717) is 6.41 Å². The third-order valence-electron chi connectivity index (χ3n) is 1.94. The Labute approximate surface area is 91.0 Å². The standard InChI is InChI=1S/C13H17NO/c1-13(2,3)9-8-11-6-4-5-7-12(11)14-10-15/h4-10H,1-3H3,(H,14,15)/b9-8-. The Hall–Kier alpha value is -1.57. The van der Waals surface area contributed by atoms with Gasteiger partial charge in [0.15, 0.2) is 0 Å². The van der Waals surface area contributed by atoms with Gasteiger partial charge in [-0.1, -0.05) is 51.1 Å². The number of carbonyl (C=O) groups is 1. The van der Waals surface area contributed by atoms with E-state index in [1.807, 2.05) is 30.3 Å². The quantitative estimate of drug-likeness (QED) is 0.750. The molecule has 2 heteroatoms. The van der Waals surface area contributed by atoms with Crippen molar-refractivity contribution in [1.82, 2.24) is 0 Å². The van der Waals surface area contributed by atoms with Gasteiger partial charge in [0, 0.05) is 5.69 Å². The molecule has 0 unspecified atom stereocenters. The summed E-state index contributed by atoms with van der Waals surface area (Å²) in [6.45, 7) is 6.41. The largest absolute Gasteiger partial charge is 0.328 e. The summed E-state index contributed by atoms with van der Waals surface area (Å²) >= 11 is 0. The molecule has 0 aromatic heterocycles. The van der Waals surface area contributed by atoms with E-state index in [4.69, 9.17) is 0 Å². The molecule has 0 aliphatic heterocycles. The summed E-state index contributed by atoms with van der Waals surface area (Å²) in [4.78, 5) is 10.4. The van der Waals surface area contributed by atoms with Crippen molar-refractivity contribution in [3.8, 4) is 0 Å². The molecule has 2 nitrogen and oxygen atoms in total. The monoisotopic (exact) mass is 203 g/mol. The van der Waals surface area contributed by atoms with Crippen LogP contribution >= 0.6 is 0 Å². The molecule has 15 heavy (non-hydrogen) atoms. The number of anilines is 1. The van der Waals surface area contributed by atoms with Crippen molar-refractivity contribution < 1.29 is 4.79 Å². The van der Waals surface area contributed by atoms with Crippen LogP contribution < -0.4 is 5.32 Å². The second kappa shape index (κ2) is 4.78. The number of allylic oxidation sites excluding steroid dienone is 1. The fraction of sp³-hybridized carbons (Fsp3) is 0.308. The average Bonchev–Trinajstić information content (AvgIpc) is 2.16. The van der Waals surface area contributed by atoms with Crippen LogP contribution in [0.2, 0.25) is 0 Å². The van der Waals surface area contributed by atoms with Crippen LogP contribution in [0.4, 0.5) is 5.69 Å². The van der Waals surface area contributed by atoms with Gasteiger partial charge >= 0.3 is 0 Å². The molecule has 1 aromatic rings. The molecule has 0 saturated heterocycles. The first-order valence-electron chi connectivity index (χ1n) is 5.01. The molecule has 0 aliphatic carbocycles. The van der Waals surface area contributed by atoms with E-state index in [1.54, 1.807) is 0 Å². The SMILES string of the molecule is CC(C)(C)/C=C\c1ccccc1NC=O. The lowest BCUT2D eigenvalue weighted by Gasteiger charge is -2.12. The minimum Gasteiger partial charge on any atom is -0.328 e. The van der Waals surface area contributed by atoms with Gasteiger partial charge in [-0.05, 0) is 17.0 Å². The number of carbonyl (C=O) groups excluding carboxylic acids is 1. The van der Waals surface area contributed by atoms with Crippen LogP contribution in [0.5, 0.6) is 0 Å². The fourth-order valence-electron chi connectivity index (χ4n) is 1.18. The third-order valence-corrected chi connectivity index (χ3v) is 1.94.